The first kappa shape index (κ1) is 5.56. The van der Waals surface area contributed by atoms with E-state index in [4.69, 9.17) is 5.11 Å². The van der Waals surface area contributed by atoms with E-state index in [9.17, 15) is 4.79 Å². The zero-order chi connectivity index (χ0) is 6.20. The van der Waals surface area contributed by atoms with Crippen LogP contribution in [-0.2, 0) is 4.79 Å². The summed E-state index contributed by atoms with van der Waals surface area (Å²) >= 11 is 0. The topological polar surface area (TPSA) is 49.3 Å². The van der Waals surface area contributed by atoms with Crippen molar-refractivity contribution in [2.45, 2.75) is 18.9 Å². The zero-order valence-corrected chi connectivity index (χ0v) is 4.77. The first-order valence-electron chi connectivity index (χ1n) is 2.58. The average Bonchev–Trinajstić information content (AvgIpc) is 1.63. The highest BCUT2D eigenvalue weighted by Gasteiger charge is 2.37. The summed E-state index contributed by atoms with van der Waals surface area (Å²) in [5, 5.41) is 11.1. The maximum Gasteiger partial charge on any atom is 0.222 e. The molecule has 8 heavy (non-hydrogen) atoms. The molecule has 0 aromatic carbocycles. The van der Waals surface area contributed by atoms with Gasteiger partial charge in [-0.1, -0.05) is 0 Å². The van der Waals surface area contributed by atoms with E-state index in [1.807, 2.05) is 6.92 Å². The predicted octanol–water partition coefficient (Wildman–Crippen LogP) is -0.743. The molecular formula is C5H9NO2. The van der Waals surface area contributed by atoms with Crippen LogP contribution in [0.4, 0.5) is 0 Å². The first-order chi connectivity index (χ1) is 3.66. The molecule has 3 nitrogen and oxygen atoms in total. The molecule has 1 aliphatic heterocycles. The van der Waals surface area contributed by atoms with Gasteiger partial charge in [-0.05, 0) is 6.92 Å². The maximum absolute atomic E-state index is 10.3. The molecule has 1 atom stereocenters. The van der Waals surface area contributed by atoms with E-state index in [0.717, 1.165) is 0 Å². The Labute approximate surface area is 47.7 Å². The van der Waals surface area contributed by atoms with Gasteiger partial charge in [0.15, 0.2) is 0 Å². The van der Waals surface area contributed by atoms with E-state index in [-0.39, 0.29) is 18.1 Å². The Kier molecular flexibility index (Phi) is 1.01. The lowest BCUT2D eigenvalue weighted by atomic mass is 9.91. The third-order valence-electron chi connectivity index (χ3n) is 1.34. The van der Waals surface area contributed by atoms with E-state index in [1.54, 1.807) is 0 Å². The SMILES string of the molecule is CC1(CO)CC(=O)N1. The molecule has 1 aliphatic rings. The number of hydrogen-bond donors (Lipinski definition) is 2. The van der Waals surface area contributed by atoms with Crippen molar-refractivity contribution in [2.24, 2.45) is 0 Å². The average molecular weight is 115 g/mol. The summed E-state index contributed by atoms with van der Waals surface area (Å²) < 4.78 is 0. The lowest BCUT2D eigenvalue weighted by molar-refractivity contribution is -0.133. The molecular weight excluding hydrogens is 106 g/mol. The third-order valence-corrected chi connectivity index (χ3v) is 1.34. The number of nitrogens with one attached hydrogen (secondary N) is 1. The molecule has 0 bridgehead atoms. The smallest absolute Gasteiger partial charge is 0.222 e. The highest BCUT2D eigenvalue weighted by Crippen LogP contribution is 2.16. The number of rotatable bonds is 1. The van der Waals surface area contributed by atoms with Crippen molar-refractivity contribution in [1.29, 1.82) is 0 Å². The van der Waals surface area contributed by atoms with E-state index >= 15 is 0 Å². The van der Waals surface area contributed by atoms with Gasteiger partial charge in [-0.3, -0.25) is 4.79 Å². The first-order valence-corrected chi connectivity index (χ1v) is 2.58. The summed E-state index contributed by atoms with van der Waals surface area (Å²) in [6, 6.07) is 0. The standard InChI is InChI=1S/C5H9NO2/c1-5(3-7)2-4(8)6-5/h7H,2-3H2,1H3,(H,6,8). The van der Waals surface area contributed by atoms with Gasteiger partial charge in [0.2, 0.25) is 5.91 Å². The van der Waals surface area contributed by atoms with E-state index in [0.29, 0.717) is 6.42 Å². The molecule has 1 heterocycles. The quantitative estimate of drug-likeness (QED) is 0.442. The monoisotopic (exact) mass is 115 g/mol. The Morgan fingerprint density at radius 1 is 2.00 bits per heavy atom. The molecule has 2 N–H and O–H groups in total. The second-order valence-corrected chi connectivity index (χ2v) is 2.44. The number of aliphatic hydroxyl groups is 1. The van der Waals surface area contributed by atoms with E-state index < -0.39 is 0 Å². The summed E-state index contributed by atoms with van der Waals surface area (Å²) in [4.78, 5) is 10.3. The van der Waals surface area contributed by atoms with Gasteiger partial charge < -0.3 is 10.4 Å². The van der Waals surface area contributed by atoms with Crippen LogP contribution in [0.25, 0.3) is 0 Å². The number of carbonyl (C=O) groups excluding carboxylic acids is 1. The van der Waals surface area contributed by atoms with Crippen LogP contribution in [0, 0.1) is 0 Å². The second-order valence-electron chi connectivity index (χ2n) is 2.44. The molecule has 1 amide bonds. The van der Waals surface area contributed by atoms with Crippen LogP contribution in [-0.4, -0.2) is 23.2 Å². The van der Waals surface area contributed by atoms with E-state index in [2.05, 4.69) is 5.32 Å². The lowest BCUT2D eigenvalue weighted by Gasteiger charge is -2.36. The van der Waals surface area contributed by atoms with Crippen molar-refractivity contribution in [3.63, 3.8) is 0 Å². The number of hydrogen-bond acceptors (Lipinski definition) is 2. The number of β-lactam (4-membered cyclic amide) rings is 1. The Morgan fingerprint density at radius 2 is 2.50 bits per heavy atom. The van der Waals surface area contributed by atoms with Crippen LogP contribution in [0.15, 0.2) is 0 Å². The third kappa shape index (κ3) is 0.690. The highest BCUT2D eigenvalue weighted by atomic mass is 16.3. The highest BCUT2D eigenvalue weighted by molar-refractivity contribution is 5.84. The largest absolute Gasteiger partial charge is 0.394 e. The van der Waals surface area contributed by atoms with Crippen LogP contribution < -0.4 is 5.32 Å². The van der Waals surface area contributed by atoms with Gasteiger partial charge >= 0.3 is 0 Å². The van der Waals surface area contributed by atoms with Crippen molar-refractivity contribution >= 4 is 5.91 Å². The molecule has 46 valence electrons. The lowest BCUT2D eigenvalue weighted by Crippen LogP contribution is -2.61. The number of amides is 1. The normalized spacial score (nSPS) is 36.0. The van der Waals surface area contributed by atoms with Crippen molar-refractivity contribution < 1.29 is 9.90 Å². The Morgan fingerprint density at radius 3 is 2.62 bits per heavy atom. The molecule has 1 fully saturated rings. The van der Waals surface area contributed by atoms with Crippen LogP contribution in [0.5, 0.6) is 0 Å². The summed E-state index contributed by atoms with van der Waals surface area (Å²) in [7, 11) is 0. The van der Waals surface area contributed by atoms with Crippen LogP contribution >= 0.6 is 0 Å². The van der Waals surface area contributed by atoms with Crippen molar-refractivity contribution in [2.75, 3.05) is 6.61 Å². The van der Waals surface area contributed by atoms with Gasteiger partial charge in [0.25, 0.3) is 0 Å². The maximum atomic E-state index is 10.3. The molecule has 1 rings (SSSR count). The van der Waals surface area contributed by atoms with Gasteiger partial charge in [0, 0.05) is 0 Å². The molecule has 1 saturated heterocycles. The Hall–Kier alpha value is -0.570. The molecule has 0 radical (unpaired) electrons. The second kappa shape index (κ2) is 1.45. The van der Waals surface area contributed by atoms with Crippen molar-refractivity contribution in [3.8, 4) is 0 Å². The van der Waals surface area contributed by atoms with E-state index in [1.165, 1.54) is 0 Å². The molecule has 0 saturated carbocycles. The molecule has 0 aliphatic carbocycles. The molecule has 1 unspecified atom stereocenters. The summed E-state index contributed by atoms with van der Waals surface area (Å²) in [5.41, 5.74) is -0.308. The summed E-state index contributed by atoms with van der Waals surface area (Å²) in [6.07, 6.45) is 0.462. The Bertz CT molecular complexity index is 114. The Balaban J connectivity index is 2.40. The summed E-state index contributed by atoms with van der Waals surface area (Å²) in [5.74, 6) is 0.0292. The predicted molar refractivity (Wildman–Crippen MR) is 28.3 cm³/mol. The summed E-state index contributed by atoms with van der Waals surface area (Å²) in [6.45, 7) is 1.85. The minimum atomic E-state index is -0.308. The fourth-order valence-corrected chi connectivity index (χ4v) is 0.768. The van der Waals surface area contributed by atoms with Gasteiger partial charge in [0.1, 0.15) is 0 Å². The van der Waals surface area contributed by atoms with Crippen molar-refractivity contribution in [3.05, 3.63) is 0 Å². The zero-order valence-electron chi connectivity index (χ0n) is 4.77. The minimum Gasteiger partial charge on any atom is -0.394 e. The number of carbonyl (C=O) groups is 1. The molecule has 3 heteroatoms. The molecule has 0 aromatic heterocycles. The van der Waals surface area contributed by atoms with Crippen LogP contribution in [0.2, 0.25) is 0 Å². The van der Waals surface area contributed by atoms with Gasteiger partial charge in [-0.25, -0.2) is 0 Å². The van der Waals surface area contributed by atoms with Gasteiger partial charge in [-0.15, -0.1) is 0 Å². The van der Waals surface area contributed by atoms with Crippen LogP contribution in [0.1, 0.15) is 13.3 Å². The van der Waals surface area contributed by atoms with Crippen LogP contribution in [0.3, 0.4) is 0 Å². The number of aliphatic hydroxyl groups excluding tert-OH is 1. The van der Waals surface area contributed by atoms with Crippen molar-refractivity contribution in [1.82, 2.24) is 5.32 Å². The molecule has 0 spiro atoms. The fourth-order valence-electron chi connectivity index (χ4n) is 0.768. The molecule has 0 aromatic rings. The fraction of sp³-hybridized carbons (Fsp3) is 0.800. The van der Waals surface area contributed by atoms with Gasteiger partial charge in [0.05, 0.1) is 18.6 Å². The van der Waals surface area contributed by atoms with Gasteiger partial charge in [-0.2, -0.15) is 0 Å². The minimum absolute atomic E-state index is 0.0292.